The van der Waals surface area contributed by atoms with Crippen LogP contribution in [-0.4, -0.2) is 49.6 Å². The molecule has 7 nitrogen and oxygen atoms in total. The number of sulfonamides is 1. The molecule has 1 N–H and O–H groups in total. The third kappa shape index (κ3) is 5.58. The lowest BCUT2D eigenvalue weighted by atomic mass is 10.0. The molecule has 10 heteroatoms. The molecule has 1 aromatic carbocycles. The van der Waals surface area contributed by atoms with Crippen LogP contribution >= 0.6 is 22.9 Å². The second-order valence-electron chi connectivity index (χ2n) is 8.26. The summed E-state index contributed by atoms with van der Waals surface area (Å²) in [4.78, 5) is 8.41. The predicted molar refractivity (Wildman–Crippen MR) is 127 cm³/mol. The summed E-state index contributed by atoms with van der Waals surface area (Å²) in [5.41, 5.74) is 0.773. The molecule has 3 heterocycles. The van der Waals surface area contributed by atoms with Crippen LogP contribution in [0.4, 0.5) is 0 Å². The van der Waals surface area contributed by atoms with Crippen LogP contribution in [0.1, 0.15) is 31.1 Å². The highest BCUT2D eigenvalue weighted by Crippen LogP contribution is 2.33. The standard InChI is InChI=1S/C22H27ClN4O3S2/c1-15-5-3-11-27(14-15)12-4-10-24-32(28,29)20-13-19(31-16(20)2)22-25-21(26-30-22)17-6-8-18(23)9-7-17/h6-9,13,15,24H,3-5,10-12,14H2,1-2H3/t15-/m1/s1. The molecular weight excluding hydrogens is 468 g/mol. The van der Waals surface area contributed by atoms with Crippen molar-refractivity contribution >= 4 is 33.0 Å². The van der Waals surface area contributed by atoms with E-state index in [1.54, 1.807) is 37.3 Å². The first-order valence-electron chi connectivity index (χ1n) is 10.7. The van der Waals surface area contributed by atoms with Crippen LogP contribution in [0.15, 0.2) is 39.8 Å². The SMILES string of the molecule is Cc1sc(-c2nc(-c3ccc(Cl)cc3)no2)cc1S(=O)(=O)NCCCN1CCC[C@@H](C)C1. The lowest BCUT2D eigenvalue weighted by Crippen LogP contribution is -2.36. The average molecular weight is 495 g/mol. The number of aryl methyl sites for hydroxylation is 1. The number of halogens is 1. The van der Waals surface area contributed by atoms with Crippen molar-refractivity contribution in [3.8, 4) is 22.2 Å². The quantitative estimate of drug-likeness (QED) is 0.451. The summed E-state index contributed by atoms with van der Waals surface area (Å²) in [5.74, 6) is 1.44. The van der Waals surface area contributed by atoms with E-state index in [4.69, 9.17) is 16.1 Å². The molecule has 0 bridgehead atoms. The first-order valence-corrected chi connectivity index (χ1v) is 13.4. The molecule has 0 aliphatic carbocycles. The van der Waals surface area contributed by atoms with Gasteiger partial charge < -0.3 is 9.42 Å². The summed E-state index contributed by atoms with van der Waals surface area (Å²) in [5, 5.41) is 4.64. The van der Waals surface area contributed by atoms with Gasteiger partial charge in [0.2, 0.25) is 15.8 Å². The summed E-state index contributed by atoms with van der Waals surface area (Å²) >= 11 is 7.25. The number of thiophene rings is 1. The van der Waals surface area contributed by atoms with E-state index in [1.807, 2.05) is 0 Å². The van der Waals surface area contributed by atoms with E-state index in [2.05, 4.69) is 26.7 Å². The van der Waals surface area contributed by atoms with Crippen molar-refractivity contribution < 1.29 is 12.9 Å². The summed E-state index contributed by atoms with van der Waals surface area (Å²) in [6.07, 6.45) is 3.29. The summed E-state index contributed by atoms with van der Waals surface area (Å²) in [7, 11) is -3.60. The first-order chi connectivity index (χ1) is 15.3. The fourth-order valence-corrected chi connectivity index (χ4v) is 6.67. The van der Waals surface area contributed by atoms with E-state index in [0.717, 1.165) is 37.5 Å². The zero-order valence-electron chi connectivity index (χ0n) is 18.2. The predicted octanol–water partition coefficient (Wildman–Crippen LogP) is 4.83. The van der Waals surface area contributed by atoms with Crippen molar-refractivity contribution in [3.63, 3.8) is 0 Å². The molecule has 1 saturated heterocycles. The molecule has 172 valence electrons. The Morgan fingerprint density at radius 3 is 2.84 bits per heavy atom. The van der Waals surface area contributed by atoms with Gasteiger partial charge in [-0.3, -0.25) is 0 Å². The van der Waals surface area contributed by atoms with E-state index >= 15 is 0 Å². The highest BCUT2D eigenvalue weighted by Gasteiger charge is 2.23. The zero-order valence-corrected chi connectivity index (χ0v) is 20.6. The van der Waals surface area contributed by atoms with Crippen LogP contribution in [0.3, 0.4) is 0 Å². The molecule has 1 fully saturated rings. The molecule has 0 saturated carbocycles. The van der Waals surface area contributed by atoms with Gasteiger partial charge in [0.05, 0.1) is 9.77 Å². The minimum absolute atomic E-state index is 0.260. The molecule has 4 rings (SSSR count). The zero-order chi connectivity index (χ0) is 22.7. The maximum atomic E-state index is 12.9. The van der Waals surface area contributed by atoms with Gasteiger partial charge in [0.15, 0.2) is 0 Å². The highest BCUT2D eigenvalue weighted by molar-refractivity contribution is 7.89. The largest absolute Gasteiger partial charge is 0.333 e. The number of rotatable bonds is 8. The molecule has 0 amide bonds. The van der Waals surface area contributed by atoms with E-state index in [0.29, 0.717) is 33.0 Å². The summed E-state index contributed by atoms with van der Waals surface area (Å²) in [6.45, 7) is 7.59. The maximum Gasteiger partial charge on any atom is 0.268 e. The number of piperidine rings is 1. The second kappa shape index (κ2) is 10.0. The van der Waals surface area contributed by atoms with E-state index in [1.165, 1.54) is 24.2 Å². The van der Waals surface area contributed by atoms with Gasteiger partial charge >= 0.3 is 0 Å². The third-order valence-electron chi connectivity index (χ3n) is 5.59. The van der Waals surface area contributed by atoms with Crippen molar-refractivity contribution in [2.75, 3.05) is 26.2 Å². The van der Waals surface area contributed by atoms with Crippen LogP contribution in [0, 0.1) is 12.8 Å². The molecule has 1 atom stereocenters. The Hall–Kier alpha value is -1.78. The van der Waals surface area contributed by atoms with E-state index in [-0.39, 0.29) is 4.90 Å². The van der Waals surface area contributed by atoms with Gasteiger partial charge in [-0.05, 0) is 75.5 Å². The molecule has 1 aliphatic rings. The van der Waals surface area contributed by atoms with E-state index in [9.17, 15) is 8.42 Å². The van der Waals surface area contributed by atoms with Crippen molar-refractivity contribution in [2.24, 2.45) is 5.92 Å². The Labute approximate surface area is 197 Å². The Morgan fingerprint density at radius 1 is 1.31 bits per heavy atom. The fraction of sp³-hybridized carbons (Fsp3) is 0.455. The molecule has 32 heavy (non-hydrogen) atoms. The van der Waals surface area contributed by atoms with Gasteiger partial charge in [0, 0.05) is 28.6 Å². The second-order valence-corrected chi connectivity index (χ2v) is 11.7. The Bertz CT molecular complexity index is 1160. The van der Waals surface area contributed by atoms with Crippen LogP contribution < -0.4 is 4.72 Å². The van der Waals surface area contributed by atoms with Gasteiger partial charge in [-0.1, -0.05) is 23.7 Å². The number of benzene rings is 1. The smallest absolute Gasteiger partial charge is 0.268 e. The molecular formula is C22H27ClN4O3S2. The first kappa shape index (κ1) is 23.4. The van der Waals surface area contributed by atoms with Gasteiger partial charge in [0.1, 0.15) is 0 Å². The van der Waals surface area contributed by atoms with Crippen LogP contribution in [0.5, 0.6) is 0 Å². The minimum atomic E-state index is -3.60. The minimum Gasteiger partial charge on any atom is -0.333 e. The van der Waals surface area contributed by atoms with Crippen LogP contribution in [0.2, 0.25) is 5.02 Å². The monoisotopic (exact) mass is 494 g/mol. The van der Waals surface area contributed by atoms with Crippen LogP contribution in [0.25, 0.3) is 22.2 Å². The topological polar surface area (TPSA) is 88.3 Å². The Morgan fingerprint density at radius 2 is 2.09 bits per heavy atom. The normalized spacial score (nSPS) is 17.7. The summed E-state index contributed by atoms with van der Waals surface area (Å²) in [6, 6.07) is 8.73. The lowest BCUT2D eigenvalue weighted by molar-refractivity contribution is 0.182. The molecule has 1 aliphatic heterocycles. The van der Waals surface area contributed by atoms with Crippen molar-refractivity contribution in [3.05, 3.63) is 40.2 Å². The number of aromatic nitrogens is 2. The number of nitrogens with zero attached hydrogens (tertiary/aromatic N) is 3. The van der Waals surface area contributed by atoms with Gasteiger partial charge in [-0.2, -0.15) is 4.98 Å². The molecule has 3 aromatic rings. The molecule has 0 radical (unpaired) electrons. The average Bonchev–Trinajstić information content (AvgIpc) is 3.39. The number of nitrogens with one attached hydrogen (secondary N) is 1. The maximum absolute atomic E-state index is 12.9. The third-order valence-corrected chi connectivity index (χ3v) is 8.59. The van der Waals surface area contributed by atoms with Gasteiger partial charge in [-0.25, -0.2) is 13.1 Å². The fourth-order valence-electron chi connectivity index (χ4n) is 3.95. The molecule has 0 unspecified atom stereocenters. The van der Waals surface area contributed by atoms with Gasteiger partial charge in [0.25, 0.3) is 5.89 Å². The highest BCUT2D eigenvalue weighted by atomic mass is 35.5. The number of hydrogen-bond acceptors (Lipinski definition) is 7. The Balaban J connectivity index is 1.39. The van der Waals surface area contributed by atoms with E-state index < -0.39 is 10.0 Å². The molecule has 2 aromatic heterocycles. The summed E-state index contributed by atoms with van der Waals surface area (Å²) < 4.78 is 33.9. The number of hydrogen-bond donors (Lipinski definition) is 1. The van der Waals surface area contributed by atoms with Crippen LogP contribution in [-0.2, 0) is 10.0 Å². The van der Waals surface area contributed by atoms with Crippen molar-refractivity contribution in [1.29, 1.82) is 0 Å². The van der Waals surface area contributed by atoms with Crippen molar-refractivity contribution in [1.82, 2.24) is 19.8 Å². The lowest BCUT2D eigenvalue weighted by Gasteiger charge is -2.30. The van der Waals surface area contributed by atoms with Crippen molar-refractivity contribution in [2.45, 2.75) is 38.0 Å². The van der Waals surface area contributed by atoms with Gasteiger partial charge in [-0.15, -0.1) is 11.3 Å². The Kier molecular flexibility index (Phi) is 7.31. The number of likely N-dealkylation sites (tertiary alicyclic amines) is 1. The molecule has 0 spiro atoms.